The molecule has 0 atom stereocenters. The second kappa shape index (κ2) is 5.04. The number of amides is 2. The molecule has 0 bridgehead atoms. The predicted octanol–water partition coefficient (Wildman–Crippen LogP) is 0.00950. The quantitative estimate of drug-likeness (QED) is 0.818. The van der Waals surface area contributed by atoms with E-state index >= 15 is 0 Å². The van der Waals surface area contributed by atoms with Gasteiger partial charge in [-0.15, -0.1) is 10.2 Å². The summed E-state index contributed by atoms with van der Waals surface area (Å²) in [6, 6.07) is 0. The highest BCUT2D eigenvalue weighted by atomic mass is 35.5. The standard InChI is InChI=1S/C7H9ClN4O2S/c1-12(2)4(13)3-9-5(14)6-10-11-7(8)15-6/h3H2,1-2H3,(H,9,14). The number of carbonyl (C=O) groups is 2. The van der Waals surface area contributed by atoms with E-state index in [2.05, 4.69) is 15.5 Å². The lowest BCUT2D eigenvalue weighted by Crippen LogP contribution is -2.36. The summed E-state index contributed by atoms with van der Waals surface area (Å²) in [5.74, 6) is -0.645. The molecule has 1 N–H and O–H groups in total. The van der Waals surface area contributed by atoms with Crippen LogP contribution in [0.25, 0.3) is 0 Å². The van der Waals surface area contributed by atoms with E-state index in [1.54, 1.807) is 14.1 Å². The van der Waals surface area contributed by atoms with E-state index in [-0.39, 0.29) is 21.9 Å². The average molecular weight is 249 g/mol. The second-order valence-corrected chi connectivity index (χ2v) is 4.39. The minimum atomic E-state index is -0.449. The number of hydrogen-bond donors (Lipinski definition) is 1. The van der Waals surface area contributed by atoms with Crippen LogP contribution in [0.5, 0.6) is 0 Å². The Hall–Kier alpha value is -1.21. The van der Waals surface area contributed by atoms with Crippen LogP contribution in [0.4, 0.5) is 0 Å². The molecule has 0 aliphatic carbocycles. The molecule has 0 saturated carbocycles. The summed E-state index contributed by atoms with van der Waals surface area (Å²) in [6.45, 7) is -0.0664. The fraction of sp³-hybridized carbons (Fsp3) is 0.429. The van der Waals surface area contributed by atoms with Crippen LogP contribution in [-0.2, 0) is 4.79 Å². The monoisotopic (exact) mass is 248 g/mol. The zero-order chi connectivity index (χ0) is 11.4. The van der Waals surface area contributed by atoms with Gasteiger partial charge in [0.2, 0.25) is 15.4 Å². The van der Waals surface area contributed by atoms with Crippen molar-refractivity contribution in [2.45, 2.75) is 0 Å². The molecular weight excluding hydrogens is 240 g/mol. The average Bonchev–Trinajstić information content (AvgIpc) is 2.60. The van der Waals surface area contributed by atoms with Gasteiger partial charge in [0.05, 0.1) is 6.54 Å². The van der Waals surface area contributed by atoms with E-state index in [1.807, 2.05) is 0 Å². The summed E-state index contributed by atoms with van der Waals surface area (Å²) >= 11 is 6.47. The van der Waals surface area contributed by atoms with Gasteiger partial charge in [0, 0.05) is 14.1 Å². The molecule has 1 aromatic rings. The van der Waals surface area contributed by atoms with Gasteiger partial charge in [-0.05, 0) is 11.6 Å². The molecule has 2 amide bonds. The highest BCUT2D eigenvalue weighted by Crippen LogP contribution is 2.14. The number of hydrogen-bond acceptors (Lipinski definition) is 5. The lowest BCUT2D eigenvalue weighted by atomic mass is 10.5. The zero-order valence-corrected chi connectivity index (χ0v) is 9.72. The summed E-state index contributed by atoms with van der Waals surface area (Å²) < 4.78 is 0.194. The van der Waals surface area contributed by atoms with Crippen LogP contribution in [0, 0.1) is 0 Å². The Kier molecular flexibility index (Phi) is 3.98. The smallest absolute Gasteiger partial charge is 0.282 e. The van der Waals surface area contributed by atoms with Crippen molar-refractivity contribution in [2.24, 2.45) is 0 Å². The molecule has 82 valence electrons. The van der Waals surface area contributed by atoms with Crippen molar-refractivity contribution in [3.05, 3.63) is 9.47 Å². The van der Waals surface area contributed by atoms with Gasteiger partial charge in [0.25, 0.3) is 5.91 Å². The lowest BCUT2D eigenvalue weighted by Gasteiger charge is -2.09. The normalized spacial score (nSPS) is 9.80. The number of nitrogens with zero attached hydrogens (tertiary/aromatic N) is 3. The van der Waals surface area contributed by atoms with Gasteiger partial charge in [0.15, 0.2) is 0 Å². The summed E-state index contributed by atoms with van der Waals surface area (Å²) in [7, 11) is 3.21. The maximum absolute atomic E-state index is 11.4. The zero-order valence-electron chi connectivity index (χ0n) is 8.15. The van der Waals surface area contributed by atoms with Gasteiger partial charge in [-0.1, -0.05) is 11.3 Å². The van der Waals surface area contributed by atoms with Crippen molar-refractivity contribution in [1.82, 2.24) is 20.4 Å². The molecule has 0 radical (unpaired) electrons. The van der Waals surface area contributed by atoms with Crippen LogP contribution < -0.4 is 5.32 Å². The van der Waals surface area contributed by atoms with Crippen LogP contribution in [0.3, 0.4) is 0 Å². The van der Waals surface area contributed by atoms with Crippen LogP contribution in [0.15, 0.2) is 0 Å². The highest BCUT2D eigenvalue weighted by Gasteiger charge is 2.13. The number of halogens is 1. The van der Waals surface area contributed by atoms with E-state index < -0.39 is 5.91 Å². The maximum Gasteiger partial charge on any atom is 0.282 e. The molecule has 0 aliphatic rings. The summed E-state index contributed by atoms with van der Waals surface area (Å²) in [5.41, 5.74) is 0. The molecule has 0 aromatic carbocycles. The largest absolute Gasteiger partial charge is 0.347 e. The summed E-state index contributed by atoms with van der Waals surface area (Å²) in [4.78, 5) is 23.9. The molecule has 6 nitrogen and oxygen atoms in total. The van der Waals surface area contributed by atoms with Gasteiger partial charge in [-0.3, -0.25) is 9.59 Å². The fourth-order valence-corrected chi connectivity index (χ4v) is 1.43. The van der Waals surface area contributed by atoms with Crippen molar-refractivity contribution < 1.29 is 9.59 Å². The van der Waals surface area contributed by atoms with Crippen molar-refractivity contribution in [3.63, 3.8) is 0 Å². The first-order valence-electron chi connectivity index (χ1n) is 3.98. The minimum absolute atomic E-state index is 0.0664. The summed E-state index contributed by atoms with van der Waals surface area (Å²) in [5, 5.41) is 9.57. The molecule has 0 aliphatic heterocycles. The Labute approximate surface area is 95.2 Å². The number of carbonyl (C=O) groups excluding carboxylic acids is 2. The van der Waals surface area contributed by atoms with E-state index in [4.69, 9.17) is 11.6 Å². The second-order valence-electron chi connectivity index (χ2n) is 2.83. The van der Waals surface area contributed by atoms with Gasteiger partial charge >= 0.3 is 0 Å². The van der Waals surface area contributed by atoms with Gasteiger partial charge in [0.1, 0.15) is 0 Å². The third-order valence-electron chi connectivity index (χ3n) is 1.49. The number of likely N-dealkylation sites (N-methyl/N-ethyl adjacent to an activating group) is 1. The van der Waals surface area contributed by atoms with E-state index in [0.717, 1.165) is 11.3 Å². The molecule has 15 heavy (non-hydrogen) atoms. The lowest BCUT2D eigenvalue weighted by molar-refractivity contribution is -0.127. The van der Waals surface area contributed by atoms with E-state index in [0.29, 0.717) is 0 Å². The third-order valence-corrected chi connectivity index (χ3v) is 2.51. The first kappa shape index (κ1) is 11.9. The molecule has 0 spiro atoms. The molecule has 1 rings (SSSR count). The first-order chi connectivity index (χ1) is 7.00. The SMILES string of the molecule is CN(C)C(=O)CNC(=O)c1nnc(Cl)s1. The van der Waals surface area contributed by atoms with Crippen LogP contribution in [-0.4, -0.2) is 47.6 Å². The number of rotatable bonds is 3. The molecule has 8 heteroatoms. The Balaban J connectivity index is 2.47. The highest BCUT2D eigenvalue weighted by molar-refractivity contribution is 7.17. The fourth-order valence-electron chi connectivity index (χ4n) is 0.687. The Morgan fingerprint density at radius 2 is 2.13 bits per heavy atom. The van der Waals surface area contributed by atoms with Crippen molar-refractivity contribution in [2.75, 3.05) is 20.6 Å². The van der Waals surface area contributed by atoms with E-state index in [9.17, 15) is 9.59 Å². The third kappa shape index (κ3) is 3.45. The summed E-state index contributed by atoms with van der Waals surface area (Å²) in [6.07, 6.45) is 0. The van der Waals surface area contributed by atoms with Crippen LogP contribution in [0.1, 0.15) is 9.80 Å². The molecule has 0 saturated heterocycles. The Bertz CT molecular complexity index is 379. The topological polar surface area (TPSA) is 75.2 Å². The molecule has 0 fully saturated rings. The van der Waals surface area contributed by atoms with Gasteiger partial charge < -0.3 is 10.2 Å². The maximum atomic E-state index is 11.4. The molecular formula is C7H9ClN4O2S. The van der Waals surface area contributed by atoms with E-state index in [1.165, 1.54) is 4.90 Å². The van der Waals surface area contributed by atoms with Crippen molar-refractivity contribution >= 4 is 34.8 Å². The molecule has 1 heterocycles. The molecule has 0 unspecified atom stereocenters. The van der Waals surface area contributed by atoms with Gasteiger partial charge in [-0.2, -0.15) is 0 Å². The minimum Gasteiger partial charge on any atom is -0.347 e. The predicted molar refractivity (Wildman–Crippen MR) is 55.9 cm³/mol. The molecule has 1 aromatic heterocycles. The van der Waals surface area contributed by atoms with Crippen molar-refractivity contribution in [1.29, 1.82) is 0 Å². The Morgan fingerprint density at radius 3 is 2.60 bits per heavy atom. The van der Waals surface area contributed by atoms with Gasteiger partial charge in [-0.25, -0.2) is 0 Å². The number of aromatic nitrogens is 2. The van der Waals surface area contributed by atoms with Crippen LogP contribution in [0.2, 0.25) is 4.47 Å². The first-order valence-corrected chi connectivity index (χ1v) is 5.17. The number of nitrogens with one attached hydrogen (secondary N) is 1. The van der Waals surface area contributed by atoms with Crippen LogP contribution >= 0.6 is 22.9 Å². The van der Waals surface area contributed by atoms with Crippen molar-refractivity contribution in [3.8, 4) is 0 Å². The Morgan fingerprint density at radius 1 is 1.47 bits per heavy atom.